The molecule has 2 nitrogen and oxygen atoms in total. The highest BCUT2D eigenvalue weighted by molar-refractivity contribution is 6.30. The molecule has 0 saturated heterocycles. The molecule has 2 N–H and O–H groups in total. The largest absolute Gasteiger partial charge is 0.387 e. The fourth-order valence-electron chi connectivity index (χ4n) is 1.86. The van der Waals surface area contributed by atoms with Crippen molar-refractivity contribution in [3.05, 3.63) is 70.2 Å². The molecule has 19 heavy (non-hydrogen) atoms. The minimum Gasteiger partial charge on any atom is -0.387 e. The molecule has 1 atom stereocenters. The molecule has 0 amide bonds. The third-order valence-electron chi connectivity index (χ3n) is 3.04. The maximum atomic E-state index is 10.0. The standard InChI is InChI=1S/C16H18ClNO/c1-12-2-4-13(5-3-12)10-18-11-16(19)14-6-8-15(17)9-7-14/h2-9,16,18-19H,10-11H2,1H3. The molecule has 2 rings (SSSR count). The maximum Gasteiger partial charge on any atom is 0.0914 e. The zero-order chi connectivity index (χ0) is 13.7. The fraction of sp³-hybridized carbons (Fsp3) is 0.250. The highest BCUT2D eigenvalue weighted by Gasteiger charge is 2.06. The highest BCUT2D eigenvalue weighted by atomic mass is 35.5. The molecule has 0 aromatic heterocycles. The second-order valence-corrected chi connectivity index (χ2v) is 5.12. The zero-order valence-electron chi connectivity index (χ0n) is 10.9. The van der Waals surface area contributed by atoms with Crippen molar-refractivity contribution >= 4 is 11.6 Å². The average Bonchev–Trinajstić information content (AvgIpc) is 2.41. The molecule has 0 aliphatic heterocycles. The highest BCUT2D eigenvalue weighted by Crippen LogP contribution is 2.15. The molecule has 0 aliphatic rings. The van der Waals surface area contributed by atoms with Crippen LogP contribution in [-0.2, 0) is 6.54 Å². The third-order valence-corrected chi connectivity index (χ3v) is 3.29. The molecule has 100 valence electrons. The van der Waals surface area contributed by atoms with Gasteiger partial charge in [-0.2, -0.15) is 0 Å². The summed E-state index contributed by atoms with van der Waals surface area (Å²) in [6, 6.07) is 15.6. The SMILES string of the molecule is Cc1ccc(CNCC(O)c2ccc(Cl)cc2)cc1. The van der Waals surface area contributed by atoms with E-state index in [4.69, 9.17) is 11.6 Å². The van der Waals surface area contributed by atoms with Gasteiger partial charge in [0.1, 0.15) is 0 Å². The summed E-state index contributed by atoms with van der Waals surface area (Å²) in [5.41, 5.74) is 3.35. The molecule has 3 heteroatoms. The molecule has 0 radical (unpaired) electrons. The Balaban J connectivity index is 1.82. The van der Waals surface area contributed by atoms with Gasteiger partial charge in [0.05, 0.1) is 6.10 Å². The molecule has 1 unspecified atom stereocenters. The molecule has 2 aromatic carbocycles. The van der Waals surface area contributed by atoms with Gasteiger partial charge in [-0.05, 0) is 30.2 Å². The van der Waals surface area contributed by atoms with E-state index in [1.54, 1.807) is 12.1 Å². The van der Waals surface area contributed by atoms with Gasteiger partial charge in [0.25, 0.3) is 0 Å². The summed E-state index contributed by atoms with van der Waals surface area (Å²) in [5.74, 6) is 0. The molecular weight excluding hydrogens is 258 g/mol. The summed E-state index contributed by atoms with van der Waals surface area (Å²) in [4.78, 5) is 0. The molecular formula is C16H18ClNO. The minimum absolute atomic E-state index is 0.511. The number of aliphatic hydroxyl groups is 1. The van der Waals surface area contributed by atoms with Crippen molar-refractivity contribution < 1.29 is 5.11 Å². The van der Waals surface area contributed by atoms with Crippen LogP contribution in [0.1, 0.15) is 22.8 Å². The van der Waals surface area contributed by atoms with Crippen molar-refractivity contribution in [3.8, 4) is 0 Å². The van der Waals surface area contributed by atoms with Crippen LogP contribution in [-0.4, -0.2) is 11.7 Å². The van der Waals surface area contributed by atoms with Crippen LogP contribution < -0.4 is 5.32 Å². The smallest absolute Gasteiger partial charge is 0.0914 e. The van der Waals surface area contributed by atoms with E-state index in [1.807, 2.05) is 12.1 Å². The van der Waals surface area contributed by atoms with Gasteiger partial charge in [0.15, 0.2) is 0 Å². The van der Waals surface area contributed by atoms with Crippen molar-refractivity contribution in [2.75, 3.05) is 6.54 Å². The Kier molecular flexibility index (Phi) is 4.97. The number of benzene rings is 2. The lowest BCUT2D eigenvalue weighted by molar-refractivity contribution is 0.174. The van der Waals surface area contributed by atoms with Crippen LogP contribution in [0.15, 0.2) is 48.5 Å². The van der Waals surface area contributed by atoms with Gasteiger partial charge in [-0.25, -0.2) is 0 Å². The van der Waals surface area contributed by atoms with E-state index >= 15 is 0 Å². The van der Waals surface area contributed by atoms with Gasteiger partial charge in [-0.3, -0.25) is 0 Å². The van der Waals surface area contributed by atoms with Crippen LogP contribution in [0, 0.1) is 6.92 Å². The first-order chi connectivity index (χ1) is 9.15. The number of aryl methyl sites for hydroxylation is 1. The first kappa shape index (κ1) is 14.1. The van der Waals surface area contributed by atoms with E-state index < -0.39 is 6.10 Å². The van der Waals surface area contributed by atoms with Gasteiger partial charge >= 0.3 is 0 Å². The van der Waals surface area contributed by atoms with Crippen molar-refractivity contribution in [1.82, 2.24) is 5.32 Å². The Labute approximate surface area is 119 Å². The van der Waals surface area contributed by atoms with Gasteiger partial charge in [0, 0.05) is 18.1 Å². The number of hydrogen-bond donors (Lipinski definition) is 2. The van der Waals surface area contributed by atoms with Crippen molar-refractivity contribution in [1.29, 1.82) is 0 Å². The topological polar surface area (TPSA) is 32.3 Å². The Morgan fingerprint density at radius 2 is 1.68 bits per heavy atom. The fourth-order valence-corrected chi connectivity index (χ4v) is 1.99. The van der Waals surface area contributed by atoms with Crippen molar-refractivity contribution in [3.63, 3.8) is 0 Å². The number of halogens is 1. The lowest BCUT2D eigenvalue weighted by atomic mass is 10.1. The molecule has 0 fully saturated rings. The number of nitrogens with one attached hydrogen (secondary N) is 1. The van der Waals surface area contributed by atoms with Crippen LogP contribution in [0.3, 0.4) is 0 Å². The van der Waals surface area contributed by atoms with Crippen molar-refractivity contribution in [2.24, 2.45) is 0 Å². The van der Waals surface area contributed by atoms with E-state index in [-0.39, 0.29) is 0 Å². The van der Waals surface area contributed by atoms with E-state index in [2.05, 4.69) is 36.5 Å². The summed E-state index contributed by atoms with van der Waals surface area (Å²) >= 11 is 5.82. The summed E-state index contributed by atoms with van der Waals surface area (Å²) in [5, 5.41) is 14.0. The third kappa shape index (κ3) is 4.35. The lowest BCUT2D eigenvalue weighted by Gasteiger charge is -2.12. The molecule has 0 heterocycles. The summed E-state index contributed by atoms with van der Waals surface area (Å²) in [7, 11) is 0. The van der Waals surface area contributed by atoms with Gasteiger partial charge in [0.2, 0.25) is 0 Å². The van der Waals surface area contributed by atoms with Gasteiger partial charge in [-0.1, -0.05) is 53.6 Å². The number of aliphatic hydroxyl groups excluding tert-OH is 1. The van der Waals surface area contributed by atoms with E-state index in [0.717, 1.165) is 12.1 Å². The second kappa shape index (κ2) is 6.71. The number of rotatable bonds is 5. The summed E-state index contributed by atoms with van der Waals surface area (Å²) < 4.78 is 0. The monoisotopic (exact) mass is 275 g/mol. The van der Waals surface area contributed by atoms with E-state index in [9.17, 15) is 5.11 Å². The Morgan fingerprint density at radius 3 is 2.32 bits per heavy atom. The average molecular weight is 276 g/mol. The first-order valence-corrected chi connectivity index (χ1v) is 6.73. The second-order valence-electron chi connectivity index (χ2n) is 4.68. The quantitative estimate of drug-likeness (QED) is 0.876. The normalized spacial score (nSPS) is 12.4. The predicted molar refractivity (Wildman–Crippen MR) is 79.3 cm³/mol. The zero-order valence-corrected chi connectivity index (χ0v) is 11.7. The van der Waals surface area contributed by atoms with Gasteiger partial charge < -0.3 is 10.4 Å². The van der Waals surface area contributed by atoms with Crippen LogP contribution >= 0.6 is 11.6 Å². The number of hydrogen-bond acceptors (Lipinski definition) is 2. The minimum atomic E-state index is -0.511. The van der Waals surface area contributed by atoms with Crippen LogP contribution in [0.25, 0.3) is 0 Å². The molecule has 0 spiro atoms. The van der Waals surface area contributed by atoms with E-state index in [1.165, 1.54) is 11.1 Å². The van der Waals surface area contributed by atoms with Gasteiger partial charge in [-0.15, -0.1) is 0 Å². The van der Waals surface area contributed by atoms with Crippen LogP contribution in [0.5, 0.6) is 0 Å². The molecule has 0 bridgehead atoms. The predicted octanol–water partition coefficient (Wildman–Crippen LogP) is 3.47. The molecule has 0 saturated carbocycles. The van der Waals surface area contributed by atoms with E-state index in [0.29, 0.717) is 11.6 Å². The molecule has 0 aliphatic carbocycles. The molecule has 2 aromatic rings. The Bertz CT molecular complexity index is 507. The van der Waals surface area contributed by atoms with Crippen LogP contribution in [0.4, 0.5) is 0 Å². The first-order valence-electron chi connectivity index (χ1n) is 6.35. The summed E-state index contributed by atoms with van der Waals surface area (Å²) in [6.45, 7) is 3.35. The maximum absolute atomic E-state index is 10.0. The summed E-state index contributed by atoms with van der Waals surface area (Å²) in [6.07, 6.45) is -0.511. The Hall–Kier alpha value is -1.35. The Morgan fingerprint density at radius 1 is 1.05 bits per heavy atom. The van der Waals surface area contributed by atoms with Crippen molar-refractivity contribution in [2.45, 2.75) is 19.6 Å². The lowest BCUT2D eigenvalue weighted by Crippen LogP contribution is -2.21. The van der Waals surface area contributed by atoms with Crippen LogP contribution in [0.2, 0.25) is 5.02 Å².